The molecule has 0 aliphatic carbocycles. The fourth-order valence-electron chi connectivity index (χ4n) is 8.47. The summed E-state index contributed by atoms with van der Waals surface area (Å²) in [6.07, 6.45) is 4.94. The molecule has 6 aromatic rings. The van der Waals surface area contributed by atoms with Crippen LogP contribution in [0.5, 0.6) is 6.01 Å². The number of hydrogen-bond donors (Lipinski definition) is 2. The Bertz CT molecular complexity index is 2380. The standard InChI is InChI=1S/C35H36ClF2N9O3/c1-34(48)16-46(9-10-49-17-34)32-26-29-30(44(2)31(26)40-33(41-32)50-18-35-7-4-8-47(35)15-19(12-35)13-37)28(43-45(29)3)25-21-14-39-42-23(21)11-20-5-6-22(38)27(36)24(20)25/h5-6,11,13-14,48H,4,7-10,12,15-18H2,1-3H3,(H,39,42)/b19-13-/t34-,35-/m0/s1. The Hall–Kier alpha value is -4.37. The number of nitrogens with zero attached hydrogens (tertiary/aromatic N) is 8. The van der Waals surface area contributed by atoms with Crippen molar-refractivity contribution in [3.63, 3.8) is 0 Å². The number of rotatable bonds is 5. The minimum Gasteiger partial charge on any atom is -0.461 e. The molecule has 0 saturated carbocycles. The molecule has 12 nitrogen and oxygen atoms in total. The molecule has 0 unspecified atom stereocenters. The molecule has 2 N–H and O–H groups in total. The van der Waals surface area contributed by atoms with Gasteiger partial charge in [-0.2, -0.15) is 20.2 Å². The number of H-pyrrole nitrogens is 1. The molecule has 3 aliphatic heterocycles. The first kappa shape index (κ1) is 31.6. The van der Waals surface area contributed by atoms with Crippen molar-refractivity contribution in [1.82, 2.24) is 39.4 Å². The highest BCUT2D eigenvalue weighted by Crippen LogP contribution is 2.46. The summed E-state index contributed by atoms with van der Waals surface area (Å²) in [6, 6.07) is 5.14. The summed E-state index contributed by atoms with van der Waals surface area (Å²) in [5, 5.41) is 26.3. The molecular weight excluding hydrogens is 668 g/mol. The van der Waals surface area contributed by atoms with Crippen molar-refractivity contribution >= 4 is 61.2 Å². The van der Waals surface area contributed by atoms with Crippen LogP contribution in [0.2, 0.25) is 5.02 Å². The first-order chi connectivity index (χ1) is 24.1. The normalized spacial score (nSPS) is 24.1. The monoisotopic (exact) mass is 703 g/mol. The molecule has 0 amide bonds. The number of aryl methyl sites for hydroxylation is 2. The van der Waals surface area contributed by atoms with Crippen molar-refractivity contribution in [2.45, 2.75) is 37.3 Å². The Balaban J connectivity index is 1.28. The number of aromatic nitrogens is 7. The van der Waals surface area contributed by atoms with E-state index in [1.165, 1.54) is 6.07 Å². The highest BCUT2D eigenvalue weighted by molar-refractivity contribution is 6.38. The third-order valence-corrected chi connectivity index (χ3v) is 11.0. The Morgan fingerprint density at radius 1 is 1.18 bits per heavy atom. The van der Waals surface area contributed by atoms with Gasteiger partial charge in [0.15, 0.2) is 5.65 Å². The van der Waals surface area contributed by atoms with Crippen molar-refractivity contribution in [2.75, 3.05) is 50.9 Å². The highest BCUT2D eigenvalue weighted by atomic mass is 35.5. The fourth-order valence-corrected chi connectivity index (χ4v) is 8.73. The van der Waals surface area contributed by atoms with E-state index in [-0.39, 0.29) is 29.7 Å². The molecule has 7 heterocycles. The van der Waals surface area contributed by atoms with Gasteiger partial charge in [0.25, 0.3) is 0 Å². The lowest BCUT2D eigenvalue weighted by atomic mass is 9.94. The van der Waals surface area contributed by atoms with Crippen molar-refractivity contribution in [2.24, 2.45) is 14.1 Å². The van der Waals surface area contributed by atoms with Gasteiger partial charge in [0.05, 0.1) is 64.8 Å². The second-order valence-electron chi connectivity index (χ2n) is 14.3. The van der Waals surface area contributed by atoms with Crippen LogP contribution in [0.15, 0.2) is 36.3 Å². The van der Waals surface area contributed by atoms with Gasteiger partial charge in [-0.3, -0.25) is 14.7 Å². The molecule has 260 valence electrons. The summed E-state index contributed by atoms with van der Waals surface area (Å²) in [4.78, 5) is 14.3. The first-order valence-electron chi connectivity index (χ1n) is 16.8. The molecule has 15 heteroatoms. The summed E-state index contributed by atoms with van der Waals surface area (Å²) in [5.41, 5.74) is 3.37. The summed E-state index contributed by atoms with van der Waals surface area (Å²) < 4.78 is 44.7. The Labute approximate surface area is 290 Å². The predicted molar refractivity (Wildman–Crippen MR) is 187 cm³/mol. The van der Waals surface area contributed by atoms with Crippen LogP contribution in [0.25, 0.3) is 55.0 Å². The summed E-state index contributed by atoms with van der Waals surface area (Å²) >= 11 is 6.70. The Kier molecular flexibility index (Phi) is 7.15. The SMILES string of the molecule is Cn1nc(-c2c3cn[nH]c3cc3ccc(F)c(Cl)c23)c2c1c1c(N3CCOC[C@@](C)(O)C3)nc(OC[C@@]34CCCN3C/C(=C\F)C4)nc1n2C. The molecule has 2 atom stereocenters. The molecule has 4 aromatic heterocycles. The highest BCUT2D eigenvalue weighted by Gasteiger charge is 2.47. The van der Waals surface area contributed by atoms with E-state index in [1.54, 1.807) is 23.9 Å². The van der Waals surface area contributed by atoms with Gasteiger partial charge in [0, 0.05) is 43.5 Å². The zero-order valence-corrected chi connectivity index (χ0v) is 28.7. The third kappa shape index (κ3) is 4.72. The van der Waals surface area contributed by atoms with Crippen LogP contribution in [-0.4, -0.2) is 102 Å². The number of nitrogens with one attached hydrogen (secondary N) is 1. The van der Waals surface area contributed by atoms with Crippen LogP contribution in [-0.2, 0) is 18.8 Å². The number of ether oxygens (including phenoxy) is 2. The molecule has 3 fully saturated rings. The number of aromatic amines is 1. The van der Waals surface area contributed by atoms with Gasteiger partial charge in [-0.1, -0.05) is 17.7 Å². The van der Waals surface area contributed by atoms with Crippen LogP contribution >= 0.6 is 11.6 Å². The number of aliphatic hydroxyl groups is 1. The van der Waals surface area contributed by atoms with Crippen molar-refractivity contribution in [3.8, 4) is 17.3 Å². The van der Waals surface area contributed by atoms with Gasteiger partial charge in [0.2, 0.25) is 0 Å². The largest absolute Gasteiger partial charge is 0.461 e. The number of benzene rings is 2. The number of β-amino-alcohol motifs (C(OH)–C–C–N with tert-alkyl or cyclic N) is 1. The van der Waals surface area contributed by atoms with Crippen LogP contribution in [0.1, 0.15) is 26.2 Å². The maximum atomic E-state index is 15.1. The fraction of sp³-hybridized carbons (Fsp3) is 0.429. The van der Waals surface area contributed by atoms with Crippen molar-refractivity contribution < 1.29 is 23.4 Å². The topological polar surface area (TPSA) is 122 Å². The predicted octanol–water partition coefficient (Wildman–Crippen LogP) is 5.40. The average molecular weight is 704 g/mol. The second-order valence-corrected chi connectivity index (χ2v) is 14.6. The van der Waals surface area contributed by atoms with Gasteiger partial charge in [-0.15, -0.1) is 0 Å². The molecule has 9 rings (SSSR count). The van der Waals surface area contributed by atoms with Crippen LogP contribution in [0.3, 0.4) is 0 Å². The molecule has 3 saturated heterocycles. The maximum absolute atomic E-state index is 15.1. The Morgan fingerprint density at radius 3 is 2.88 bits per heavy atom. The molecule has 50 heavy (non-hydrogen) atoms. The second kappa shape index (κ2) is 11.3. The van der Waals surface area contributed by atoms with Crippen molar-refractivity contribution in [1.29, 1.82) is 0 Å². The van der Waals surface area contributed by atoms with Crippen LogP contribution in [0.4, 0.5) is 14.6 Å². The summed E-state index contributed by atoms with van der Waals surface area (Å²) in [5.74, 6) is 0.0393. The smallest absolute Gasteiger partial charge is 0.320 e. The minimum absolute atomic E-state index is 0.000797. The van der Waals surface area contributed by atoms with E-state index in [1.807, 2.05) is 29.6 Å². The summed E-state index contributed by atoms with van der Waals surface area (Å²) in [7, 11) is 3.76. The van der Waals surface area contributed by atoms with Crippen molar-refractivity contribution in [3.05, 3.63) is 47.1 Å². The maximum Gasteiger partial charge on any atom is 0.320 e. The lowest BCUT2D eigenvalue weighted by molar-refractivity contribution is -0.0123. The van der Waals surface area contributed by atoms with E-state index >= 15 is 4.39 Å². The van der Waals surface area contributed by atoms with Gasteiger partial charge >= 0.3 is 6.01 Å². The number of halogens is 3. The van der Waals surface area contributed by atoms with Gasteiger partial charge in [-0.05, 0) is 55.8 Å². The zero-order chi connectivity index (χ0) is 34.5. The van der Waals surface area contributed by atoms with Crippen LogP contribution in [0, 0.1) is 5.82 Å². The van der Waals surface area contributed by atoms with E-state index in [2.05, 4.69) is 15.1 Å². The van der Waals surface area contributed by atoms with E-state index in [0.717, 1.165) is 64.0 Å². The molecule has 0 radical (unpaired) electrons. The van der Waals surface area contributed by atoms with E-state index in [9.17, 15) is 9.50 Å². The number of hydrogen-bond acceptors (Lipinski definition) is 9. The van der Waals surface area contributed by atoms with E-state index in [4.69, 9.17) is 36.1 Å². The lowest BCUT2D eigenvalue weighted by Gasteiger charge is -2.31. The lowest BCUT2D eigenvalue weighted by Crippen LogP contribution is -2.44. The van der Waals surface area contributed by atoms with Gasteiger partial charge < -0.3 is 24.0 Å². The van der Waals surface area contributed by atoms with E-state index < -0.39 is 11.4 Å². The quantitative estimate of drug-likeness (QED) is 0.243. The third-order valence-electron chi connectivity index (χ3n) is 10.7. The number of fused-ring (bicyclic) bond motifs is 6. The molecule has 0 bridgehead atoms. The van der Waals surface area contributed by atoms with Crippen LogP contribution < -0.4 is 9.64 Å². The summed E-state index contributed by atoms with van der Waals surface area (Å²) in [6.45, 7) is 4.84. The average Bonchev–Trinajstić information content (AvgIpc) is 3.89. The number of anilines is 1. The van der Waals surface area contributed by atoms with Gasteiger partial charge in [0.1, 0.15) is 29.5 Å². The molecular formula is C35H36ClF2N9O3. The first-order valence-corrected chi connectivity index (χ1v) is 17.1. The minimum atomic E-state index is -1.14. The van der Waals surface area contributed by atoms with E-state index in [0.29, 0.717) is 60.8 Å². The Morgan fingerprint density at radius 2 is 2.04 bits per heavy atom. The van der Waals surface area contributed by atoms with Gasteiger partial charge in [-0.25, -0.2) is 8.78 Å². The molecule has 3 aliphatic rings. The molecule has 2 aromatic carbocycles. The molecule has 0 spiro atoms. The zero-order valence-electron chi connectivity index (χ0n) is 27.9.